The minimum atomic E-state index is -0.152. The van der Waals surface area contributed by atoms with E-state index in [9.17, 15) is 9.90 Å². The molecule has 1 aromatic rings. The molecule has 1 aromatic carbocycles. The Hall–Kier alpha value is -1.55. The first-order valence-corrected chi connectivity index (χ1v) is 7.18. The predicted molar refractivity (Wildman–Crippen MR) is 82.4 cm³/mol. The van der Waals surface area contributed by atoms with Crippen molar-refractivity contribution in [2.24, 2.45) is 5.92 Å². The number of hydrogen-bond donors (Lipinski definition) is 3. The van der Waals surface area contributed by atoms with Crippen molar-refractivity contribution in [1.29, 1.82) is 0 Å². The van der Waals surface area contributed by atoms with Gasteiger partial charge in [-0.2, -0.15) is 0 Å². The lowest BCUT2D eigenvalue weighted by atomic mass is 9.96. The lowest BCUT2D eigenvalue weighted by Gasteiger charge is -2.19. The molecule has 0 bridgehead atoms. The number of benzene rings is 1. The van der Waals surface area contributed by atoms with Crippen LogP contribution in [0.25, 0.3) is 0 Å². The van der Waals surface area contributed by atoms with Crippen molar-refractivity contribution in [3.8, 4) is 0 Å². The molecule has 0 saturated carbocycles. The molecule has 0 radical (unpaired) electrons. The Morgan fingerprint density at radius 1 is 1.25 bits per heavy atom. The van der Waals surface area contributed by atoms with Crippen LogP contribution in [-0.4, -0.2) is 23.7 Å². The third kappa shape index (κ3) is 5.61. The number of hydrogen-bond acceptors (Lipinski definition) is 3. The van der Waals surface area contributed by atoms with Crippen molar-refractivity contribution in [1.82, 2.24) is 5.32 Å². The normalized spacial score (nSPS) is 14.1. The highest BCUT2D eigenvalue weighted by Crippen LogP contribution is 2.20. The minimum absolute atomic E-state index is 0.0137. The molecular formula is C16H26N2O2. The van der Waals surface area contributed by atoms with Crippen LogP contribution < -0.4 is 11.1 Å². The number of carbonyl (C=O) groups is 1. The smallest absolute Gasteiger partial charge is 0.220 e. The van der Waals surface area contributed by atoms with Gasteiger partial charge in [0, 0.05) is 12.1 Å². The van der Waals surface area contributed by atoms with Crippen LogP contribution in [0.15, 0.2) is 24.3 Å². The van der Waals surface area contributed by atoms with Gasteiger partial charge in [0.1, 0.15) is 0 Å². The van der Waals surface area contributed by atoms with Gasteiger partial charge in [-0.15, -0.1) is 0 Å². The average molecular weight is 278 g/mol. The predicted octanol–water partition coefficient (Wildman–Crippen LogP) is 2.29. The zero-order valence-corrected chi connectivity index (χ0v) is 12.6. The second kappa shape index (κ2) is 7.90. The summed E-state index contributed by atoms with van der Waals surface area (Å²) in [6.45, 7) is 6.15. The molecule has 1 amide bonds. The monoisotopic (exact) mass is 278 g/mol. The molecule has 2 unspecified atom stereocenters. The summed E-state index contributed by atoms with van der Waals surface area (Å²) in [6, 6.07) is 7.44. The molecule has 4 heteroatoms. The quantitative estimate of drug-likeness (QED) is 0.670. The SMILES string of the molecule is CC(C)CC(CO)NC(=O)CC(C)c1ccc(N)cc1. The van der Waals surface area contributed by atoms with Crippen LogP contribution in [0.4, 0.5) is 5.69 Å². The maximum Gasteiger partial charge on any atom is 0.220 e. The topological polar surface area (TPSA) is 75.3 Å². The zero-order chi connectivity index (χ0) is 15.1. The summed E-state index contributed by atoms with van der Waals surface area (Å²) in [5, 5.41) is 12.2. The Bertz CT molecular complexity index is 415. The fraction of sp³-hybridized carbons (Fsp3) is 0.562. The van der Waals surface area contributed by atoms with Gasteiger partial charge in [0.2, 0.25) is 5.91 Å². The van der Waals surface area contributed by atoms with E-state index in [-0.39, 0.29) is 24.5 Å². The van der Waals surface area contributed by atoms with Crippen LogP contribution in [0.2, 0.25) is 0 Å². The summed E-state index contributed by atoms with van der Waals surface area (Å²) in [5.41, 5.74) is 7.47. The first-order valence-electron chi connectivity index (χ1n) is 7.18. The highest BCUT2D eigenvalue weighted by atomic mass is 16.3. The molecule has 0 saturated heterocycles. The van der Waals surface area contributed by atoms with Gasteiger partial charge < -0.3 is 16.2 Å². The fourth-order valence-electron chi connectivity index (χ4n) is 2.26. The molecule has 2 atom stereocenters. The molecule has 0 aliphatic carbocycles. The van der Waals surface area contributed by atoms with Gasteiger partial charge in [0.25, 0.3) is 0 Å². The number of aliphatic hydroxyl groups excluding tert-OH is 1. The molecule has 4 N–H and O–H groups in total. The molecule has 0 heterocycles. The first kappa shape index (κ1) is 16.5. The highest BCUT2D eigenvalue weighted by Gasteiger charge is 2.16. The van der Waals surface area contributed by atoms with Crippen molar-refractivity contribution < 1.29 is 9.90 Å². The molecule has 0 aromatic heterocycles. The van der Waals surface area contributed by atoms with E-state index in [1.54, 1.807) is 0 Å². The van der Waals surface area contributed by atoms with Gasteiger partial charge in [-0.25, -0.2) is 0 Å². The number of anilines is 1. The van der Waals surface area contributed by atoms with E-state index in [0.29, 0.717) is 12.3 Å². The number of nitrogen functional groups attached to an aromatic ring is 1. The Morgan fingerprint density at radius 2 is 1.85 bits per heavy atom. The number of nitrogens with one attached hydrogen (secondary N) is 1. The fourth-order valence-corrected chi connectivity index (χ4v) is 2.26. The van der Waals surface area contributed by atoms with E-state index in [1.165, 1.54) is 0 Å². The van der Waals surface area contributed by atoms with Crippen molar-refractivity contribution in [2.45, 2.75) is 45.6 Å². The van der Waals surface area contributed by atoms with Crippen LogP contribution in [0, 0.1) is 5.92 Å². The van der Waals surface area contributed by atoms with Gasteiger partial charge in [-0.3, -0.25) is 4.79 Å². The van der Waals surface area contributed by atoms with E-state index in [4.69, 9.17) is 5.73 Å². The Kier molecular flexibility index (Phi) is 6.52. The number of nitrogens with two attached hydrogens (primary N) is 1. The number of carbonyl (C=O) groups excluding carboxylic acids is 1. The van der Waals surface area contributed by atoms with Crippen LogP contribution in [0.3, 0.4) is 0 Å². The highest BCUT2D eigenvalue weighted by molar-refractivity contribution is 5.77. The summed E-state index contributed by atoms with van der Waals surface area (Å²) in [5.74, 6) is 0.560. The molecule has 0 fully saturated rings. The second-order valence-electron chi connectivity index (χ2n) is 5.85. The van der Waals surface area contributed by atoms with Crippen molar-refractivity contribution >= 4 is 11.6 Å². The lowest BCUT2D eigenvalue weighted by molar-refractivity contribution is -0.122. The van der Waals surface area contributed by atoms with E-state index in [1.807, 2.05) is 31.2 Å². The molecule has 0 aliphatic heterocycles. The Morgan fingerprint density at radius 3 is 2.35 bits per heavy atom. The number of amides is 1. The third-order valence-corrected chi connectivity index (χ3v) is 3.34. The minimum Gasteiger partial charge on any atom is -0.399 e. The summed E-state index contributed by atoms with van der Waals surface area (Å²) in [4.78, 5) is 12.0. The summed E-state index contributed by atoms with van der Waals surface area (Å²) < 4.78 is 0. The zero-order valence-electron chi connectivity index (χ0n) is 12.6. The largest absolute Gasteiger partial charge is 0.399 e. The number of aliphatic hydroxyl groups is 1. The van der Waals surface area contributed by atoms with Crippen molar-refractivity contribution in [3.05, 3.63) is 29.8 Å². The first-order chi connectivity index (χ1) is 9.42. The lowest BCUT2D eigenvalue weighted by Crippen LogP contribution is -2.38. The van der Waals surface area contributed by atoms with Crippen LogP contribution >= 0.6 is 0 Å². The van der Waals surface area contributed by atoms with E-state index < -0.39 is 0 Å². The second-order valence-corrected chi connectivity index (χ2v) is 5.85. The summed E-state index contributed by atoms with van der Waals surface area (Å²) >= 11 is 0. The van der Waals surface area contributed by atoms with Crippen LogP contribution in [0.5, 0.6) is 0 Å². The molecule has 0 aliphatic rings. The summed E-state index contributed by atoms with van der Waals surface area (Å²) in [7, 11) is 0. The maximum atomic E-state index is 12.0. The van der Waals surface area contributed by atoms with Gasteiger partial charge >= 0.3 is 0 Å². The van der Waals surface area contributed by atoms with Gasteiger partial charge in [-0.05, 0) is 36.0 Å². The molecule has 4 nitrogen and oxygen atoms in total. The average Bonchev–Trinajstić information content (AvgIpc) is 2.37. The van der Waals surface area contributed by atoms with E-state index in [2.05, 4.69) is 19.2 Å². The molecule has 0 spiro atoms. The van der Waals surface area contributed by atoms with Gasteiger partial charge in [0.15, 0.2) is 0 Å². The maximum absolute atomic E-state index is 12.0. The standard InChI is InChI=1S/C16H26N2O2/c1-11(2)8-15(10-19)18-16(20)9-12(3)13-4-6-14(17)7-5-13/h4-7,11-12,15,19H,8-10,17H2,1-3H3,(H,18,20). The van der Waals surface area contributed by atoms with Crippen molar-refractivity contribution in [3.63, 3.8) is 0 Å². The third-order valence-electron chi connectivity index (χ3n) is 3.34. The van der Waals surface area contributed by atoms with Gasteiger partial charge in [-0.1, -0.05) is 32.9 Å². The molecular weight excluding hydrogens is 252 g/mol. The summed E-state index contributed by atoms with van der Waals surface area (Å²) in [6.07, 6.45) is 1.21. The van der Waals surface area contributed by atoms with Gasteiger partial charge in [0.05, 0.1) is 12.6 Å². The molecule has 112 valence electrons. The Labute approximate surface area is 121 Å². The van der Waals surface area contributed by atoms with E-state index >= 15 is 0 Å². The molecule has 1 rings (SSSR count). The van der Waals surface area contributed by atoms with Crippen LogP contribution in [-0.2, 0) is 4.79 Å². The van der Waals surface area contributed by atoms with E-state index in [0.717, 1.165) is 17.7 Å². The van der Waals surface area contributed by atoms with Crippen LogP contribution in [0.1, 0.15) is 45.1 Å². The van der Waals surface area contributed by atoms with Crippen molar-refractivity contribution in [2.75, 3.05) is 12.3 Å². The Balaban J connectivity index is 2.50. The number of rotatable bonds is 7. The molecule has 20 heavy (non-hydrogen) atoms.